The van der Waals surface area contributed by atoms with Crippen molar-refractivity contribution in [3.8, 4) is 0 Å². The molecule has 4 heterocycles. The zero-order valence-electron chi connectivity index (χ0n) is 39.2. The molecule has 71 heavy (non-hydrogen) atoms. The lowest BCUT2D eigenvalue weighted by atomic mass is 9.77. The molecule has 0 spiro atoms. The highest BCUT2D eigenvalue weighted by atomic mass is 32.1. The maximum atomic E-state index is 14.8. The number of aromatic nitrogens is 2. The quantitative estimate of drug-likeness (QED) is 0.0247. The minimum atomic E-state index is -0.979. The van der Waals surface area contributed by atoms with Crippen LogP contribution in [0.1, 0.15) is 69.1 Å². The van der Waals surface area contributed by atoms with Crippen LogP contribution in [0.5, 0.6) is 0 Å². The smallest absolute Gasteiger partial charge is 0.362 e. The maximum absolute atomic E-state index is 14.8. The number of carbonyl (C=O) groups is 3. The number of anilines is 1. The highest BCUT2D eigenvalue weighted by molar-refractivity contribution is 7.14. The van der Waals surface area contributed by atoms with Crippen LogP contribution in [0.2, 0.25) is 0 Å². The Balaban J connectivity index is 0.973. The zero-order chi connectivity index (χ0) is 48.7. The number of β-lactam (4-membered cyclic amide) rings is 1. The van der Waals surface area contributed by atoms with E-state index in [2.05, 4.69) is 52.2 Å². The lowest BCUT2D eigenvalue weighted by Gasteiger charge is -2.49. The van der Waals surface area contributed by atoms with Crippen LogP contribution in [0.15, 0.2) is 217 Å². The molecule has 1 saturated heterocycles. The first-order valence-corrected chi connectivity index (χ1v) is 24.5. The van der Waals surface area contributed by atoms with Crippen molar-refractivity contribution in [3.63, 3.8) is 0 Å². The van der Waals surface area contributed by atoms with Gasteiger partial charge in [-0.3, -0.25) is 14.5 Å². The van der Waals surface area contributed by atoms with Gasteiger partial charge in [-0.25, -0.2) is 9.78 Å². The summed E-state index contributed by atoms with van der Waals surface area (Å²) >= 11 is 1.32. The first-order chi connectivity index (χ1) is 34.8. The lowest BCUT2D eigenvalue weighted by molar-refractivity contribution is -0.585. The van der Waals surface area contributed by atoms with Crippen molar-refractivity contribution < 1.29 is 28.5 Å². The Hall–Kier alpha value is -8.48. The minimum absolute atomic E-state index is 0.0902. The summed E-state index contributed by atoms with van der Waals surface area (Å²) in [5, 5.41) is 13.5. The second-order valence-electron chi connectivity index (χ2n) is 17.6. The second-order valence-corrected chi connectivity index (χ2v) is 18.5. The van der Waals surface area contributed by atoms with Crippen LogP contribution in [0.25, 0.3) is 5.70 Å². The van der Waals surface area contributed by atoms with Gasteiger partial charge in [-0.05, 0) is 59.2 Å². The minimum Gasteiger partial charge on any atom is -0.448 e. The van der Waals surface area contributed by atoms with Gasteiger partial charge < -0.3 is 20.2 Å². The van der Waals surface area contributed by atoms with E-state index in [0.717, 1.165) is 44.5 Å². The molecule has 1 unspecified atom stereocenters. The third-order valence-electron chi connectivity index (χ3n) is 13.2. The number of esters is 1. The molecule has 2 aromatic heterocycles. The molecule has 0 radical (unpaired) electrons. The number of thiazole rings is 1. The van der Waals surface area contributed by atoms with Crippen molar-refractivity contribution >= 4 is 45.7 Å². The van der Waals surface area contributed by atoms with Crippen molar-refractivity contribution in [2.24, 2.45) is 5.16 Å². The Kier molecular flexibility index (Phi) is 13.4. The van der Waals surface area contributed by atoms with Crippen LogP contribution in [0.3, 0.4) is 0 Å². The number of pyridine rings is 1. The molecular weight excluding hydrogens is 905 g/mol. The molecule has 6 aromatic carbocycles. The summed E-state index contributed by atoms with van der Waals surface area (Å²) in [7, 11) is 0. The van der Waals surface area contributed by atoms with Gasteiger partial charge in [0.25, 0.3) is 11.8 Å². The third kappa shape index (κ3) is 9.49. The van der Waals surface area contributed by atoms with E-state index < -0.39 is 41.5 Å². The van der Waals surface area contributed by atoms with Gasteiger partial charge in [-0.1, -0.05) is 187 Å². The Labute approximate surface area is 416 Å². The fraction of sp³-hybridized carbons (Fsp3) is 0.153. The number of benzene rings is 6. The highest BCUT2D eigenvalue weighted by Crippen LogP contribution is 2.42. The number of ether oxygens (including phenoxy) is 1. The fourth-order valence-corrected chi connectivity index (χ4v) is 10.2. The molecule has 0 saturated carbocycles. The summed E-state index contributed by atoms with van der Waals surface area (Å²) in [6, 6.07) is 59.6. The van der Waals surface area contributed by atoms with E-state index in [1.165, 1.54) is 16.2 Å². The molecule has 2 atom stereocenters. The molecule has 2 N–H and O–H groups in total. The second kappa shape index (κ2) is 20.6. The van der Waals surface area contributed by atoms with Gasteiger partial charge in [-0.2, -0.15) is 4.57 Å². The zero-order valence-corrected chi connectivity index (χ0v) is 40.0. The number of hydrogen-bond acceptors (Lipinski definition) is 9. The predicted octanol–water partition coefficient (Wildman–Crippen LogP) is 10.1. The summed E-state index contributed by atoms with van der Waals surface area (Å²) in [4.78, 5) is 56.6. The third-order valence-corrected chi connectivity index (χ3v) is 13.9. The average molecular weight is 956 g/mol. The van der Waals surface area contributed by atoms with Gasteiger partial charge >= 0.3 is 5.97 Å². The van der Waals surface area contributed by atoms with Gasteiger partial charge in [0.05, 0.1) is 6.04 Å². The van der Waals surface area contributed by atoms with Crippen LogP contribution in [0.4, 0.5) is 5.13 Å². The Morgan fingerprint density at radius 1 is 0.746 bits per heavy atom. The molecule has 11 nitrogen and oxygen atoms in total. The van der Waals surface area contributed by atoms with E-state index in [9.17, 15) is 14.4 Å². The normalized spacial score (nSPS) is 15.7. The first kappa shape index (κ1) is 46.3. The number of hydrogen-bond donors (Lipinski definition) is 2. The molecule has 2 amide bonds. The molecule has 2 aliphatic heterocycles. The largest absolute Gasteiger partial charge is 0.448 e. The Morgan fingerprint density at radius 3 is 1.83 bits per heavy atom. The van der Waals surface area contributed by atoms with E-state index in [1.54, 1.807) is 5.38 Å². The predicted molar refractivity (Wildman–Crippen MR) is 275 cm³/mol. The van der Waals surface area contributed by atoms with E-state index in [0.29, 0.717) is 23.7 Å². The molecule has 12 heteroatoms. The van der Waals surface area contributed by atoms with Crippen molar-refractivity contribution in [1.82, 2.24) is 15.2 Å². The van der Waals surface area contributed by atoms with Crippen molar-refractivity contribution in [2.45, 2.75) is 57.0 Å². The fourth-order valence-electron chi connectivity index (χ4n) is 9.42. The summed E-state index contributed by atoms with van der Waals surface area (Å²) in [5.41, 5.74) is 7.53. The summed E-state index contributed by atoms with van der Waals surface area (Å²) in [6.07, 6.45) is 4.01. The molecule has 0 aliphatic carbocycles. The van der Waals surface area contributed by atoms with E-state index in [-0.39, 0.29) is 23.7 Å². The molecular formula is C59H51N6O5S+. The van der Waals surface area contributed by atoms with Gasteiger partial charge in [0.2, 0.25) is 5.70 Å². The number of nitrogens with one attached hydrogen (secondary N) is 2. The summed E-state index contributed by atoms with van der Waals surface area (Å²) in [6.45, 7) is 4.12. The van der Waals surface area contributed by atoms with Crippen LogP contribution < -0.4 is 15.2 Å². The number of carbonyl (C=O) groups excluding carboxylic acids is 3. The number of nitrogens with zero attached hydrogens (tertiary/aromatic N) is 4. The lowest BCUT2D eigenvalue weighted by Crippen LogP contribution is -2.72. The molecule has 1 fully saturated rings. The van der Waals surface area contributed by atoms with Crippen LogP contribution in [-0.2, 0) is 36.1 Å². The topological polar surface area (TPSA) is 126 Å². The Bertz CT molecular complexity index is 3090. The van der Waals surface area contributed by atoms with E-state index in [1.807, 2.05) is 182 Å². The van der Waals surface area contributed by atoms with Crippen molar-refractivity contribution in [3.05, 3.63) is 262 Å². The molecule has 10 rings (SSSR count). The highest BCUT2D eigenvalue weighted by Gasteiger charge is 2.56. The average Bonchev–Trinajstić information content (AvgIpc) is 3.89. The van der Waals surface area contributed by atoms with Gasteiger partial charge in [0.1, 0.15) is 23.9 Å². The van der Waals surface area contributed by atoms with Crippen LogP contribution >= 0.6 is 11.3 Å². The number of allylic oxidation sites excluding steroid dienone is 1. The number of fused-ring (bicyclic) bond motifs is 1. The van der Waals surface area contributed by atoms with Crippen LogP contribution in [-0.4, -0.2) is 45.5 Å². The Morgan fingerprint density at radius 2 is 1.28 bits per heavy atom. The number of rotatable bonds is 16. The summed E-state index contributed by atoms with van der Waals surface area (Å²) in [5.74, 6) is -1.75. The maximum Gasteiger partial charge on any atom is 0.362 e. The van der Waals surface area contributed by atoms with E-state index in [4.69, 9.17) is 14.6 Å². The monoisotopic (exact) mass is 955 g/mol. The van der Waals surface area contributed by atoms with Gasteiger partial charge in [0, 0.05) is 23.4 Å². The summed E-state index contributed by atoms with van der Waals surface area (Å²) < 4.78 is 8.35. The molecule has 352 valence electrons. The first-order valence-electron chi connectivity index (χ1n) is 23.6. The molecule has 0 bridgehead atoms. The SMILES string of the molecule is Cc1cc[n+](C2=C(C(=O)OC(c3ccccc3)c3ccccc3)N3C(=O)[C@@H](NC(=O)C(=NOCc4ccccc4)c4csc(NC(c5ccccc5)(c5ccccc5)c5ccccc5)n4)C3CC2)cc1C. The number of oxime groups is 1. The van der Waals surface area contributed by atoms with Gasteiger partial charge in [-0.15, -0.1) is 11.3 Å². The number of aryl methyl sites for hydroxylation is 2. The number of amides is 2. The molecule has 8 aromatic rings. The standard InChI is InChI=1S/C59H50N6O5S/c1-40-35-36-64(37-41(40)2)50-34-33-49-52(56(67)65(49)53(50)57(68)70-54(43-23-11-4-12-24-43)44-25-13-5-14-26-44)61-55(66)51(63-69-38-42-21-9-3-10-22-42)48-39-71-58(60-48)62-59(45-27-15-6-16-28-45,46-29-17-7-18-30-46)47-31-19-8-20-32-47/h3-32,35-37,39,49,52,54H,33-34,38H2,1-2H3,(H-,60,61,62,66)/p+1/t49?,52-/m0/s1. The molecule has 2 aliphatic rings. The van der Waals surface area contributed by atoms with Crippen LogP contribution in [0, 0.1) is 13.8 Å². The van der Waals surface area contributed by atoms with Crippen molar-refractivity contribution in [2.75, 3.05) is 5.32 Å². The van der Waals surface area contributed by atoms with Crippen molar-refractivity contribution in [1.29, 1.82) is 0 Å². The van der Waals surface area contributed by atoms with E-state index >= 15 is 0 Å². The van der Waals surface area contributed by atoms with Gasteiger partial charge in [0.15, 0.2) is 35.0 Å².